The Morgan fingerprint density at radius 3 is 2.55 bits per heavy atom. The van der Waals surface area contributed by atoms with Gasteiger partial charge < -0.3 is 5.32 Å². The van der Waals surface area contributed by atoms with Crippen LogP contribution in [0.2, 0.25) is 0 Å². The van der Waals surface area contributed by atoms with Crippen LogP contribution in [0.1, 0.15) is 22.8 Å². The standard InChI is InChI=1S/C16H14IN3O2/c1-11(21)19-15-4-2-3-13(9-15)16(22)20-18-10-12-5-7-14(17)8-6-12/h2-10H,1H3,(H,19,21)(H,20,22)/b18-10-. The van der Waals surface area contributed by atoms with E-state index in [1.54, 1.807) is 30.5 Å². The lowest BCUT2D eigenvalue weighted by Gasteiger charge is -2.04. The number of carbonyl (C=O) groups excluding carboxylic acids is 2. The number of rotatable bonds is 4. The molecule has 0 radical (unpaired) electrons. The van der Waals surface area contributed by atoms with Gasteiger partial charge in [-0.1, -0.05) is 18.2 Å². The van der Waals surface area contributed by atoms with Gasteiger partial charge in [-0.2, -0.15) is 5.10 Å². The van der Waals surface area contributed by atoms with Crippen molar-refractivity contribution in [3.63, 3.8) is 0 Å². The lowest BCUT2D eigenvalue weighted by atomic mass is 10.2. The Labute approximate surface area is 141 Å². The summed E-state index contributed by atoms with van der Waals surface area (Å²) >= 11 is 2.22. The molecular weight excluding hydrogens is 393 g/mol. The fourth-order valence-electron chi connectivity index (χ4n) is 1.72. The summed E-state index contributed by atoms with van der Waals surface area (Å²) in [6, 6.07) is 14.4. The molecule has 2 aromatic carbocycles. The Bertz CT molecular complexity index is 712. The molecule has 0 spiro atoms. The molecule has 0 bridgehead atoms. The van der Waals surface area contributed by atoms with Crippen LogP contribution in [0.5, 0.6) is 0 Å². The number of benzene rings is 2. The minimum absolute atomic E-state index is 0.186. The zero-order chi connectivity index (χ0) is 15.9. The molecule has 0 heterocycles. The van der Waals surface area contributed by atoms with Crippen LogP contribution >= 0.6 is 22.6 Å². The maximum absolute atomic E-state index is 12.0. The highest BCUT2D eigenvalue weighted by atomic mass is 127. The molecule has 0 aromatic heterocycles. The van der Waals surface area contributed by atoms with Gasteiger partial charge in [-0.15, -0.1) is 0 Å². The average Bonchev–Trinajstić information content (AvgIpc) is 2.49. The number of carbonyl (C=O) groups is 2. The van der Waals surface area contributed by atoms with Crippen molar-refractivity contribution in [3.8, 4) is 0 Å². The minimum Gasteiger partial charge on any atom is -0.326 e. The molecule has 0 saturated heterocycles. The molecule has 2 aromatic rings. The fraction of sp³-hybridized carbons (Fsp3) is 0.0625. The number of hydrogen-bond acceptors (Lipinski definition) is 3. The smallest absolute Gasteiger partial charge is 0.271 e. The number of amides is 2. The van der Waals surface area contributed by atoms with Gasteiger partial charge in [-0.25, -0.2) is 5.43 Å². The van der Waals surface area contributed by atoms with E-state index < -0.39 is 0 Å². The molecule has 112 valence electrons. The predicted molar refractivity (Wildman–Crippen MR) is 95.0 cm³/mol. The Balaban J connectivity index is 2.00. The van der Waals surface area contributed by atoms with E-state index in [0.717, 1.165) is 9.13 Å². The third kappa shape index (κ3) is 4.96. The molecule has 0 fully saturated rings. The van der Waals surface area contributed by atoms with Crippen LogP contribution in [0.25, 0.3) is 0 Å². The van der Waals surface area contributed by atoms with Crippen molar-refractivity contribution >= 4 is 46.3 Å². The first-order valence-electron chi connectivity index (χ1n) is 6.51. The molecule has 0 atom stereocenters. The fourth-order valence-corrected chi connectivity index (χ4v) is 2.08. The first-order chi connectivity index (χ1) is 10.5. The van der Waals surface area contributed by atoms with Crippen molar-refractivity contribution in [1.29, 1.82) is 0 Å². The monoisotopic (exact) mass is 407 g/mol. The van der Waals surface area contributed by atoms with Gasteiger partial charge in [0.05, 0.1) is 6.21 Å². The van der Waals surface area contributed by atoms with Gasteiger partial charge in [0, 0.05) is 21.7 Å². The average molecular weight is 407 g/mol. The van der Waals surface area contributed by atoms with E-state index >= 15 is 0 Å². The van der Waals surface area contributed by atoms with Crippen LogP contribution in [0.3, 0.4) is 0 Å². The maximum Gasteiger partial charge on any atom is 0.271 e. The van der Waals surface area contributed by atoms with E-state index in [1.165, 1.54) is 6.92 Å². The lowest BCUT2D eigenvalue weighted by molar-refractivity contribution is -0.114. The van der Waals surface area contributed by atoms with Gasteiger partial charge in [0.15, 0.2) is 0 Å². The molecule has 0 aliphatic heterocycles. The first kappa shape index (κ1) is 16.2. The zero-order valence-corrected chi connectivity index (χ0v) is 14.0. The van der Waals surface area contributed by atoms with Crippen LogP contribution in [0.4, 0.5) is 5.69 Å². The molecule has 6 heteroatoms. The van der Waals surface area contributed by atoms with Crippen molar-refractivity contribution in [2.45, 2.75) is 6.92 Å². The SMILES string of the molecule is CC(=O)Nc1cccc(C(=O)N/N=C\c2ccc(I)cc2)c1. The molecule has 2 rings (SSSR count). The molecule has 0 unspecified atom stereocenters. The van der Waals surface area contributed by atoms with Gasteiger partial charge >= 0.3 is 0 Å². The summed E-state index contributed by atoms with van der Waals surface area (Å²) in [5.74, 6) is -0.525. The summed E-state index contributed by atoms with van der Waals surface area (Å²) in [5.41, 5.74) is 4.35. The van der Waals surface area contributed by atoms with Gasteiger partial charge in [-0.05, 0) is 58.5 Å². The van der Waals surface area contributed by atoms with Gasteiger partial charge in [0.1, 0.15) is 0 Å². The van der Waals surface area contributed by atoms with Crippen LogP contribution < -0.4 is 10.7 Å². The van der Waals surface area contributed by atoms with E-state index in [1.807, 2.05) is 24.3 Å². The Kier molecular flexibility index (Phi) is 5.65. The van der Waals surface area contributed by atoms with E-state index in [-0.39, 0.29) is 11.8 Å². The number of anilines is 1. The number of nitrogens with zero attached hydrogens (tertiary/aromatic N) is 1. The summed E-state index contributed by atoms with van der Waals surface area (Å²) < 4.78 is 1.13. The van der Waals surface area contributed by atoms with E-state index in [4.69, 9.17) is 0 Å². The van der Waals surface area contributed by atoms with Crippen LogP contribution in [-0.2, 0) is 4.79 Å². The summed E-state index contributed by atoms with van der Waals surface area (Å²) in [7, 11) is 0. The van der Waals surface area contributed by atoms with E-state index in [2.05, 4.69) is 38.4 Å². The van der Waals surface area contributed by atoms with Crippen molar-refractivity contribution < 1.29 is 9.59 Å². The molecule has 0 aliphatic carbocycles. The van der Waals surface area contributed by atoms with Crippen LogP contribution in [-0.4, -0.2) is 18.0 Å². The third-order valence-electron chi connectivity index (χ3n) is 2.69. The van der Waals surface area contributed by atoms with Gasteiger partial charge in [-0.3, -0.25) is 9.59 Å². The molecule has 2 amide bonds. The quantitative estimate of drug-likeness (QED) is 0.465. The Hall–Kier alpha value is -2.22. The van der Waals surface area contributed by atoms with E-state index in [0.29, 0.717) is 11.3 Å². The Morgan fingerprint density at radius 1 is 1.14 bits per heavy atom. The molecular formula is C16H14IN3O2. The zero-order valence-electron chi connectivity index (χ0n) is 11.8. The summed E-state index contributed by atoms with van der Waals surface area (Å²) in [4.78, 5) is 23.0. The number of hydrogen-bond donors (Lipinski definition) is 2. The topological polar surface area (TPSA) is 70.6 Å². The van der Waals surface area contributed by atoms with Crippen molar-refractivity contribution in [2.75, 3.05) is 5.32 Å². The molecule has 2 N–H and O–H groups in total. The second kappa shape index (κ2) is 7.69. The summed E-state index contributed by atoms with van der Waals surface area (Å²) in [5, 5.41) is 6.55. The van der Waals surface area contributed by atoms with Crippen LogP contribution in [0, 0.1) is 3.57 Å². The van der Waals surface area contributed by atoms with Crippen molar-refractivity contribution in [3.05, 3.63) is 63.2 Å². The van der Waals surface area contributed by atoms with E-state index in [9.17, 15) is 9.59 Å². The maximum atomic E-state index is 12.0. The van der Waals surface area contributed by atoms with Gasteiger partial charge in [0.2, 0.25) is 5.91 Å². The normalized spacial score (nSPS) is 10.5. The molecule has 22 heavy (non-hydrogen) atoms. The highest BCUT2D eigenvalue weighted by Crippen LogP contribution is 2.10. The second-order valence-corrected chi connectivity index (χ2v) is 5.76. The first-order valence-corrected chi connectivity index (χ1v) is 7.59. The Morgan fingerprint density at radius 2 is 1.86 bits per heavy atom. The summed E-state index contributed by atoms with van der Waals surface area (Å²) in [6.45, 7) is 1.41. The van der Waals surface area contributed by atoms with Crippen LogP contribution in [0.15, 0.2) is 53.6 Å². The largest absolute Gasteiger partial charge is 0.326 e. The molecule has 5 nitrogen and oxygen atoms in total. The van der Waals surface area contributed by atoms with Crippen molar-refractivity contribution in [2.24, 2.45) is 5.10 Å². The lowest BCUT2D eigenvalue weighted by Crippen LogP contribution is -2.18. The molecule has 0 aliphatic rings. The highest BCUT2D eigenvalue weighted by molar-refractivity contribution is 14.1. The number of hydrazone groups is 1. The number of nitrogens with one attached hydrogen (secondary N) is 2. The predicted octanol–water partition coefficient (Wildman–Crippen LogP) is 3.01. The third-order valence-corrected chi connectivity index (χ3v) is 3.41. The highest BCUT2D eigenvalue weighted by Gasteiger charge is 2.05. The molecule has 0 saturated carbocycles. The number of halogens is 1. The minimum atomic E-state index is -0.339. The van der Waals surface area contributed by atoms with Crippen molar-refractivity contribution in [1.82, 2.24) is 5.43 Å². The summed E-state index contributed by atoms with van der Waals surface area (Å²) in [6.07, 6.45) is 1.58. The van der Waals surface area contributed by atoms with Gasteiger partial charge in [0.25, 0.3) is 5.91 Å². The second-order valence-electron chi connectivity index (χ2n) is 4.51.